The minimum absolute atomic E-state index is 0.0506. The van der Waals surface area contributed by atoms with Gasteiger partial charge in [-0.3, -0.25) is 10.1 Å². The van der Waals surface area contributed by atoms with Crippen molar-refractivity contribution in [1.29, 1.82) is 5.26 Å². The number of nitrogens with zero attached hydrogens (tertiary/aromatic N) is 1. The van der Waals surface area contributed by atoms with Crippen LogP contribution in [0.4, 0.5) is 9.39 Å². The number of amides is 1. The second kappa shape index (κ2) is 6.44. The second-order valence-electron chi connectivity index (χ2n) is 5.06. The lowest BCUT2D eigenvalue weighted by Crippen LogP contribution is -2.34. The van der Waals surface area contributed by atoms with Crippen molar-refractivity contribution in [3.63, 3.8) is 0 Å². The first-order chi connectivity index (χ1) is 11.1. The van der Waals surface area contributed by atoms with E-state index in [2.05, 4.69) is 16.7 Å². The fourth-order valence-electron chi connectivity index (χ4n) is 2.56. The quantitative estimate of drug-likeness (QED) is 0.819. The minimum Gasteiger partial charge on any atom is -0.323 e. The number of fused-ring (bicyclic) bond motifs is 1. The van der Waals surface area contributed by atoms with E-state index >= 15 is 0 Å². The van der Waals surface area contributed by atoms with Crippen molar-refractivity contribution in [3.05, 3.63) is 51.7 Å². The molecular formula is C16H12FN3OS2. The zero-order valence-electron chi connectivity index (χ0n) is 12.0. The van der Waals surface area contributed by atoms with Gasteiger partial charge in [-0.2, -0.15) is 5.26 Å². The molecule has 0 spiro atoms. The van der Waals surface area contributed by atoms with E-state index in [9.17, 15) is 14.4 Å². The Labute approximate surface area is 141 Å². The number of nitriles is 1. The Morgan fingerprint density at radius 3 is 2.87 bits per heavy atom. The molecule has 0 saturated heterocycles. The van der Waals surface area contributed by atoms with E-state index < -0.39 is 11.7 Å². The molecule has 0 radical (unpaired) electrons. The number of aryl methyl sites for hydroxylation is 1. The number of carbonyl (C=O) groups is 1. The number of hydrogen-bond acceptors (Lipinski definition) is 4. The molecule has 1 aromatic heterocycles. The van der Waals surface area contributed by atoms with Gasteiger partial charge in [0, 0.05) is 4.88 Å². The lowest BCUT2D eigenvalue weighted by atomic mass is 10.1. The van der Waals surface area contributed by atoms with E-state index in [-0.39, 0.29) is 10.7 Å². The molecule has 1 aromatic carbocycles. The van der Waals surface area contributed by atoms with Crippen LogP contribution in [0, 0.1) is 17.1 Å². The molecule has 1 aliphatic carbocycles. The van der Waals surface area contributed by atoms with Crippen molar-refractivity contribution in [1.82, 2.24) is 5.32 Å². The van der Waals surface area contributed by atoms with Crippen LogP contribution in [-0.2, 0) is 12.8 Å². The number of nitrogens with one attached hydrogen (secondary N) is 2. The summed E-state index contributed by atoms with van der Waals surface area (Å²) in [5.74, 6) is -1.23. The van der Waals surface area contributed by atoms with Gasteiger partial charge in [0.25, 0.3) is 5.91 Å². The van der Waals surface area contributed by atoms with Crippen LogP contribution in [0.3, 0.4) is 0 Å². The van der Waals surface area contributed by atoms with Gasteiger partial charge in [-0.05, 0) is 49.2 Å². The summed E-state index contributed by atoms with van der Waals surface area (Å²) in [4.78, 5) is 13.2. The Bertz CT molecular complexity index is 838. The summed E-state index contributed by atoms with van der Waals surface area (Å²) in [5.41, 5.74) is 1.58. The summed E-state index contributed by atoms with van der Waals surface area (Å²) in [7, 11) is 0. The van der Waals surface area contributed by atoms with E-state index in [0.717, 1.165) is 24.8 Å². The Kier molecular flexibility index (Phi) is 4.37. The largest absolute Gasteiger partial charge is 0.323 e. The third kappa shape index (κ3) is 3.09. The van der Waals surface area contributed by atoms with Crippen LogP contribution >= 0.6 is 23.6 Å². The van der Waals surface area contributed by atoms with Crippen LogP contribution in [0.5, 0.6) is 0 Å². The standard InChI is InChI=1S/C16H12FN3OS2/c17-12-6-2-1-4-10(12)14(21)19-16(22)20-15-11(8-18)9-5-3-7-13(9)23-15/h1-2,4,6H,3,5,7H2,(H2,19,20,21,22). The Morgan fingerprint density at radius 1 is 1.35 bits per heavy atom. The van der Waals surface area contributed by atoms with Crippen molar-refractivity contribution < 1.29 is 9.18 Å². The molecule has 3 rings (SSSR count). The maximum absolute atomic E-state index is 13.6. The molecule has 23 heavy (non-hydrogen) atoms. The van der Waals surface area contributed by atoms with Gasteiger partial charge in [0.2, 0.25) is 0 Å². The number of carbonyl (C=O) groups excluding carboxylic acids is 1. The first-order valence-corrected chi connectivity index (χ1v) is 8.24. The average Bonchev–Trinajstić information content (AvgIpc) is 3.07. The highest BCUT2D eigenvalue weighted by Crippen LogP contribution is 2.38. The fraction of sp³-hybridized carbons (Fsp3) is 0.188. The molecule has 1 heterocycles. The number of benzene rings is 1. The Hall–Kier alpha value is -2.30. The van der Waals surface area contributed by atoms with Gasteiger partial charge in [-0.25, -0.2) is 4.39 Å². The number of anilines is 1. The molecule has 7 heteroatoms. The highest BCUT2D eigenvalue weighted by Gasteiger charge is 2.23. The van der Waals surface area contributed by atoms with E-state index in [1.807, 2.05) is 0 Å². The predicted octanol–water partition coefficient (Wildman–Crippen LogP) is 3.37. The van der Waals surface area contributed by atoms with Gasteiger partial charge in [-0.15, -0.1) is 11.3 Å². The predicted molar refractivity (Wildman–Crippen MR) is 91.1 cm³/mol. The highest BCUT2D eigenvalue weighted by molar-refractivity contribution is 7.80. The zero-order chi connectivity index (χ0) is 16.4. The van der Waals surface area contributed by atoms with Crippen molar-refractivity contribution in [2.75, 3.05) is 5.32 Å². The minimum atomic E-state index is -0.622. The van der Waals surface area contributed by atoms with Crippen LogP contribution in [0.15, 0.2) is 24.3 Å². The Balaban J connectivity index is 1.72. The molecule has 2 aromatic rings. The van der Waals surface area contributed by atoms with Crippen LogP contribution in [0.2, 0.25) is 0 Å². The van der Waals surface area contributed by atoms with Gasteiger partial charge >= 0.3 is 0 Å². The summed E-state index contributed by atoms with van der Waals surface area (Å²) in [6, 6.07) is 7.87. The van der Waals surface area contributed by atoms with E-state index in [4.69, 9.17) is 12.2 Å². The van der Waals surface area contributed by atoms with Crippen LogP contribution < -0.4 is 10.6 Å². The van der Waals surface area contributed by atoms with Crippen LogP contribution in [0.25, 0.3) is 0 Å². The van der Waals surface area contributed by atoms with Gasteiger partial charge < -0.3 is 5.32 Å². The number of hydrogen-bond donors (Lipinski definition) is 2. The molecule has 0 fully saturated rings. The molecule has 1 amide bonds. The van der Waals surface area contributed by atoms with E-state index in [0.29, 0.717) is 10.6 Å². The molecule has 4 nitrogen and oxygen atoms in total. The van der Waals surface area contributed by atoms with E-state index in [1.54, 1.807) is 6.07 Å². The second-order valence-corrected chi connectivity index (χ2v) is 6.57. The highest BCUT2D eigenvalue weighted by atomic mass is 32.1. The number of thiophene rings is 1. The Morgan fingerprint density at radius 2 is 2.13 bits per heavy atom. The molecule has 116 valence electrons. The number of rotatable bonds is 2. The van der Waals surface area contributed by atoms with Crippen molar-refractivity contribution in [2.24, 2.45) is 0 Å². The van der Waals surface area contributed by atoms with Crippen LogP contribution in [-0.4, -0.2) is 11.0 Å². The fourth-order valence-corrected chi connectivity index (χ4v) is 4.06. The molecule has 0 bridgehead atoms. The van der Waals surface area contributed by atoms with Gasteiger partial charge in [0.05, 0.1) is 11.1 Å². The lowest BCUT2D eigenvalue weighted by molar-refractivity contribution is 0.0974. The molecule has 1 aliphatic rings. The summed E-state index contributed by atoms with van der Waals surface area (Å²) in [6.45, 7) is 0. The third-order valence-corrected chi connectivity index (χ3v) is 5.02. The monoisotopic (exact) mass is 345 g/mol. The maximum Gasteiger partial charge on any atom is 0.260 e. The SMILES string of the molecule is N#Cc1c(NC(=S)NC(=O)c2ccccc2F)sc2c1CCC2. The summed E-state index contributed by atoms with van der Waals surface area (Å²) >= 11 is 6.58. The number of halogens is 1. The van der Waals surface area contributed by atoms with Crippen LogP contribution in [0.1, 0.15) is 32.8 Å². The first kappa shape index (κ1) is 15.6. The first-order valence-electron chi connectivity index (χ1n) is 7.01. The average molecular weight is 345 g/mol. The van der Waals surface area contributed by atoms with Gasteiger partial charge in [-0.1, -0.05) is 12.1 Å². The lowest BCUT2D eigenvalue weighted by Gasteiger charge is -2.09. The zero-order valence-corrected chi connectivity index (χ0v) is 13.6. The number of thiocarbonyl (C=S) groups is 1. The summed E-state index contributed by atoms with van der Waals surface area (Å²) in [5, 5.41) is 15.3. The molecule has 2 N–H and O–H groups in total. The summed E-state index contributed by atoms with van der Waals surface area (Å²) in [6.07, 6.45) is 2.92. The maximum atomic E-state index is 13.6. The van der Waals surface area contributed by atoms with E-state index in [1.165, 1.54) is 34.4 Å². The molecule has 0 aliphatic heterocycles. The topological polar surface area (TPSA) is 64.9 Å². The van der Waals surface area contributed by atoms with Gasteiger partial charge in [0.15, 0.2) is 5.11 Å². The third-order valence-electron chi connectivity index (χ3n) is 3.61. The van der Waals surface area contributed by atoms with Gasteiger partial charge in [0.1, 0.15) is 16.9 Å². The molecule has 0 saturated carbocycles. The van der Waals surface area contributed by atoms with Crippen molar-refractivity contribution in [2.45, 2.75) is 19.3 Å². The normalized spacial score (nSPS) is 12.3. The van der Waals surface area contributed by atoms with Crippen molar-refractivity contribution in [3.8, 4) is 6.07 Å². The smallest absolute Gasteiger partial charge is 0.260 e. The molecule has 0 atom stereocenters. The summed E-state index contributed by atoms with van der Waals surface area (Å²) < 4.78 is 13.6. The molecular weight excluding hydrogens is 333 g/mol. The molecule has 0 unspecified atom stereocenters. The van der Waals surface area contributed by atoms with Crippen molar-refractivity contribution >= 4 is 39.6 Å².